The van der Waals surface area contributed by atoms with Gasteiger partial charge in [-0.05, 0) is 64.3 Å². The molecule has 0 aliphatic rings. The number of ether oxygens (including phenoxy) is 1. The van der Waals surface area contributed by atoms with Crippen molar-refractivity contribution in [2.45, 2.75) is 58.5 Å². The van der Waals surface area contributed by atoms with Gasteiger partial charge in [-0.3, -0.25) is 4.90 Å². The molecule has 2 N–H and O–H groups in total. The van der Waals surface area contributed by atoms with Crippen molar-refractivity contribution in [3.8, 4) is 5.75 Å². The highest BCUT2D eigenvalue weighted by Crippen LogP contribution is 2.24. The summed E-state index contributed by atoms with van der Waals surface area (Å²) in [7, 11) is 1.70. The normalized spacial score (nSPS) is 14.5. The molecule has 0 saturated carbocycles. The van der Waals surface area contributed by atoms with E-state index in [2.05, 4.69) is 44.7 Å². The fourth-order valence-electron chi connectivity index (χ4n) is 2.96. The standard InChI is InChI=1S/C18H32N2O/c1-6-13-20(15(2)3)18(4,14-19)12-11-16-7-9-17(21-5)10-8-16/h7-10,15H,6,11-14,19H2,1-5H3. The first-order chi connectivity index (χ1) is 9.96. The number of hydrogen-bond donors (Lipinski definition) is 1. The molecule has 0 spiro atoms. The topological polar surface area (TPSA) is 38.5 Å². The molecule has 0 aliphatic heterocycles. The van der Waals surface area contributed by atoms with Crippen molar-refractivity contribution in [2.24, 2.45) is 5.73 Å². The summed E-state index contributed by atoms with van der Waals surface area (Å²) in [5.74, 6) is 0.912. The van der Waals surface area contributed by atoms with Crippen molar-refractivity contribution in [3.63, 3.8) is 0 Å². The summed E-state index contributed by atoms with van der Waals surface area (Å²) in [6.45, 7) is 10.9. The zero-order chi connectivity index (χ0) is 15.9. The number of nitrogens with two attached hydrogens (primary N) is 1. The molecule has 0 amide bonds. The number of rotatable bonds is 9. The smallest absolute Gasteiger partial charge is 0.118 e. The van der Waals surface area contributed by atoms with Crippen LogP contribution in [0.15, 0.2) is 24.3 Å². The maximum Gasteiger partial charge on any atom is 0.118 e. The van der Waals surface area contributed by atoms with Crippen LogP contribution >= 0.6 is 0 Å². The molecule has 3 nitrogen and oxygen atoms in total. The number of benzene rings is 1. The Hall–Kier alpha value is -1.06. The molecule has 0 saturated heterocycles. The Bertz CT molecular complexity index is 402. The first kappa shape index (κ1) is 18.0. The molecule has 0 fully saturated rings. The third-order valence-electron chi connectivity index (χ3n) is 4.33. The molecule has 0 aromatic heterocycles. The van der Waals surface area contributed by atoms with Crippen molar-refractivity contribution < 1.29 is 4.74 Å². The molecule has 1 atom stereocenters. The first-order valence-corrected chi connectivity index (χ1v) is 8.06. The Morgan fingerprint density at radius 1 is 1.24 bits per heavy atom. The second-order valence-electron chi connectivity index (χ2n) is 6.34. The molecule has 0 bridgehead atoms. The minimum atomic E-state index is 0.0596. The van der Waals surface area contributed by atoms with Gasteiger partial charge in [0, 0.05) is 18.1 Å². The van der Waals surface area contributed by atoms with Gasteiger partial charge in [0.25, 0.3) is 0 Å². The number of hydrogen-bond acceptors (Lipinski definition) is 3. The van der Waals surface area contributed by atoms with E-state index in [-0.39, 0.29) is 5.54 Å². The SMILES string of the molecule is CCCN(C(C)C)C(C)(CN)CCc1ccc(OC)cc1. The van der Waals surface area contributed by atoms with Gasteiger partial charge in [0.15, 0.2) is 0 Å². The molecule has 1 rings (SSSR count). The minimum Gasteiger partial charge on any atom is -0.497 e. The van der Waals surface area contributed by atoms with Crippen molar-refractivity contribution in [3.05, 3.63) is 29.8 Å². The van der Waals surface area contributed by atoms with Crippen LogP contribution in [0.5, 0.6) is 5.75 Å². The van der Waals surface area contributed by atoms with E-state index in [0.717, 1.165) is 31.6 Å². The van der Waals surface area contributed by atoms with E-state index in [1.54, 1.807) is 7.11 Å². The molecule has 0 aliphatic carbocycles. The van der Waals surface area contributed by atoms with Gasteiger partial charge in [-0.2, -0.15) is 0 Å². The van der Waals surface area contributed by atoms with Crippen LogP contribution in [-0.4, -0.2) is 36.7 Å². The van der Waals surface area contributed by atoms with Crippen LogP contribution < -0.4 is 10.5 Å². The van der Waals surface area contributed by atoms with Gasteiger partial charge in [0.1, 0.15) is 5.75 Å². The van der Waals surface area contributed by atoms with Crippen LogP contribution in [0.25, 0.3) is 0 Å². The van der Waals surface area contributed by atoms with Crippen molar-refractivity contribution >= 4 is 0 Å². The molecule has 3 heteroatoms. The molecular formula is C18H32N2O. The quantitative estimate of drug-likeness (QED) is 0.757. The number of aryl methyl sites for hydroxylation is 1. The minimum absolute atomic E-state index is 0.0596. The summed E-state index contributed by atoms with van der Waals surface area (Å²) in [4.78, 5) is 2.55. The monoisotopic (exact) mass is 292 g/mol. The highest BCUT2D eigenvalue weighted by molar-refractivity contribution is 5.27. The molecule has 21 heavy (non-hydrogen) atoms. The van der Waals surface area contributed by atoms with E-state index in [1.165, 1.54) is 5.56 Å². The Balaban J connectivity index is 2.74. The fraction of sp³-hybridized carbons (Fsp3) is 0.667. The summed E-state index contributed by atoms with van der Waals surface area (Å²) in [5, 5.41) is 0. The van der Waals surface area contributed by atoms with Gasteiger partial charge >= 0.3 is 0 Å². The van der Waals surface area contributed by atoms with E-state index >= 15 is 0 Å². The largest absolute Gasteiger partial charge is 0.497 e. The second-order valence-corrected chi connectivity index (χ2v) is 6.34. The van der Waals surface area contributed by atoms with Gasteiger partial charge < -0.3 is 10.5 Å². The molecule has 0 radical (unpaired) electrons. The Morgan fingerprint density at radius 3 is 2.29 bits per heavy atom. The molecule has 120 valence electrons. The predicted molar refractivity (Wildman–Crippen MR) is 90.9 cm³/mol. The fourth-order valence-corrected chi connectivity index (χ4v) is 2.96. The van der Waals surface area contributed by atoms with E-state index in [9.17, 15) is 0 Å². The van der Waals surface area contributed by atoms with Crippen LogP contribution in [0, 0.1) is 0 Å². The summed E-state index contributed by atoms with van der Waals surface area (Å²) in [6, 6.07) is 8.88. The van der Waals surface area contributed by atoms with E-state index < -0.39 is 0 Å². The summed E-state index contributed by atoms with van der Waals surface area (Å²) in [6.07, 6.45) is 3.29. The Labute approximate surface area is 130 Å². The highest BCUT2D eigenvalue weighted by atomic mass is 16.5. The predicted octanol–water partition coefficient (Wildman–Crippen LogP) is 3.47. The number of methoxy groups -OCH3 is 1. The maximum absolute atomic E-state index is 6.12. The van der Waals surface area contributed by atoms with E-state index in [4.69, 9.17) is 10.5 Å². The maximum atomic E-state index is 6.12. The summed E-state index contributed by atoms with van der Waals surface area (Å²) < 4.78 is 5.21. The van der Waals surface area contributed by atoms with Gasteiger partial charge in [-0.1, -0.05) is 19.1 Å². The lowest BCUT2D eigenvalue weighted by Crippen LogP contribution is -2.55. The lowest BCUT2D eigenvalue weighted by molar-refractivity contribution is 0.0686. The van der Waals surface area contributed by atoms with Crippen molar-refractivity contribution in [1.82, 2.24) is 4.90 Å². The van der Waals surface area contributed by atoms with Crippen molar-refractivity contribution in [1.29, 1.82) is 0 Å². The average Bonchev–Trinajstić information content (AvgIpc) is 2.50. The first-order valence-electron chi connectivity index (χ1n) is 8.06. The molecular weight excluding hydrogens is 260 g/mol. The molecule has 1 aromatic carbocycles. The second kappa shape index (κ2) is 8.40. The summed E-state index contributed by atoms with van der Waals surface area (Å²) in [5.41, 5.74) is 7.53. The van der Waals surface area contributed by atoms with Gasteiger partial charge in [0.05, 0.1) is 7.11 Å². The average molecular weight is 292 g/mol. The Kier molecular flexibility index (Phi) is 7.20. The zero-order valence-electron chi connectivity index (χ0n) is 14.4. The van der Waals surface area contributed by atoms with Crippen LogP contribution in [-0.2, 0) is 6.42 Å². The molecule has 1 aromatic rings. The van der Waals surface area contributed by atoms with Gasteiger partial charge in [-0.15, -0.1) is 0 Å². The zero-order valence-corrected chi connectivity index (χ0v) is 14.4. The van der Waals surface area contributed by atoms with Crippen LogP contribution in [0.3, 0.4) is 0 Å². The van der Waals surface area contributed by atoms with Crippen molar-refractivity contribution in [2.75, 3.05) is 20.2 Å². The van der Waals surface area contributed by atoms with Gasteiger partial charge in [0.2, 0.25) is 0 Å². The van der Waals surface area contributed by atoms with Gasteiger partial charge in [-0.25, -0.2) is 0 Å². The third kappa shape index (κ3) is 5.01. The molecule has 0 heterocycles. The molecule has 1 unspecified atom stereocenters. The van der Waals surface area contributed by atoms with Crippen LogP contribution in [0.2, 0.25) is 0 Å². The number of nitrogens with zero attached hydrogens (tertiary/aromatic N) is 1. The van der Waals surface area contributed by atoms with Crippen LogP contribution in [0.4, 0.5) is 0 Å². The third-order valence-corrected chi connectivity index (χ3v) is 4.33. The summed E-state index contributed by atoms with van der Waals surface area (Å²) >= 11 is 0. The van der Waals surface area contributed by atoms with Crippen LogP contribution in [0.1, 0.15) is 46.1 Å². The van der Waals surface area contributed by atoms with E-state index in [0.29, 0.717) is 12.6 Å². The Morgan fingerprint density at radius 2 is 1.86 bits per heavy atom. The van der Waals surface area contributed by atoms with E-state index in [1.807, 2.05) is 12.1 Å². The lowest BCUT2D eigenvalue weighted by atomic mass is 9.90. The lowest BCUT2D eigenvalue weighted by Gasteiger charge is -2.43. The highest BCUT2D eigenvalue weighted by Gasteiger charge is 2.31.